The highest BCUT2D eigenvalue weighted by atomic mass is 32.2. The fraction of sp³-hybridized carbons (Fsp3) is 1.00. The maximum atomic E-state index is 9.30. The highest BCUT2D eigenvalue weighted by Gasteiger charge is 2.34. The molecule has 0 spiro atoms. The summed E-state index contributed by atoms with van der Waals surface area (Å²) in [5, 5.41) is 10.9. The molecule has 10 heavy (non-hydrogen) atoms. The van der Waals surface area contributed by atoms with Crippen molar-refractivity contribution in [3.8, 4) is 0 Å². The third-order valence-electron chi connectivity index (χ3n) is 2.18. The van der Waals surface area contributed by atoms with E-state index in [0.29, 0.717) is 0 Å². The van der Waals surface area contributed by atoms with Crippen molar-refractivity contribution in [3.63, 3.8) is 0 Å². The Hall–Kier alpha value is 0.660. The van der Waals surface area contributed by atoms with Crippen LogP contribution >= 0.6 is 23.5 Å². The predicted octanol–water partition coefficient (Wildman–Crippen LogP) is 1.71. The summed E-state index contributed by atoms with van der Waals surface area (Å²) in [5.41, 5.74) is -0.0793. The monoisotopic (exact) mass is 176 g/mol. The lowest BCUT2D eigenvalue weighted by atomic mass is 10.4. The van der Waals surface area contributed by atoms with E-state index in [1.54, 1.807) is 11.8 Å². The molecular weight excluding hydrogens is 164 g/mol. The molecule has 2 rings (SSSR count). The van der Waals surface area contributed by atoms with E-state index in [-0.39, 0.29) is 5.44 Å². The first kappa shape index (κ1) is 7.32. The maximum absolute atomic E-state index is 9.30. The molecule has 0 aromatic rings. The Morgan fingerprint density at radius 3 is 2.90 bits per heavy atom. The summed E-state index contributed by atoms with van der Waals surface area (Å²) in [6.07, 6.45) is 4.09. The van der Waals surface area contributed by atoms with Crippen LogP contribution in [0.1, 0.15) is 19.3 Å². The Kier molecular flexibility index (Phi) is 2.16. The number of fused-ring (bicyclic) bond motifs is 1. The van der Waals surface area contributed by atoms with Gasteiger partial charge in [-0.15, -0.1) is 11.8 Å². The summed E-state index contributed by atoms with van der Waals surface area (Å²) < 4.78 is 0. The number of aliphatic hydroxyl groups is 1. The van der Waals surface area contributed by atoms with Crippen LogP contribution in [0.25, 0.3) is 0 Å². The molecule has 1 saturated carbocycles. The topological polar surface area (TPSA) is 20.2 Å². The molecule has 3 unspecified atom stereocenters. The summed E-state index contributed by atoms with van der Waals surface area (Å²) in [7, 11) is 0. The Morgan fingerprint density at radius 1 is 1.20 bits per heavy atom. The molecule has 1 heterocycles. The molecule has 0 amide bonds. The zero-order valence-electron chi connectivity index (χ0n) is 5.82. The Labute approximate surface area is 70.0 Å². The largest absolute Gasteiger partial charge is 0.382 e. The van der Waals surface area contributed by atoms with Gasteiger partial charge in [0.25, 0.3) is 0 Å². The lowest BCUT2D eigenvalue weighted by molar-refractivity contribution is 0.286. The summed E-state index contributed by atoms with van der Waals surface area (Å²) >= 11 is 3.76. The van der Waals surface area contributed by atoms with E-state index < -0.39 is 0 Å². The second-order valence-electron chi connectivity index (χ2n) is 2.93. The molecule has 1 nitrogen and oxygen atoms in total. The van der Waals surface area contributed by atoms with E-state index >= 15 is 0 Å². The Morgan fingerprint density at radius 2 is 2.00 bits per heavy atom. The van der Waals surface area contributed by atoms with Gasteiger partial charge in [0.2, 0.25) is 0 Å². The molecular formula is C7H12OS2. The first-order chi connectivity index (χ1) is 4.86. The molecule has 1 N–H and O–H groups in total. The zero-order chi connectivity index (χ0) is 6.97. The van der Waals surface area contributed by atoms with Crippen molar-refractivity contribution in [1.82, 2.24) is 0 Å². The molecule has 1 aliphatic carbocycles. The standard InChI is InChI=1S/C7H12OS2/c8-7-4-9-5-2-1-3-6(5)10-7/h5-8H,1-4H2. The average Bonchev–Trinajstić information content (AvgIpc) is 2.33. The smallest absolute Gasteiger partial charge is 0.109 e. The Bertz CT molecular complexity index is 129. The minimum Gasteiger partial charge on any atom is -0.382 e. The molecule has 2 fully saturated rings. The van der Waals surface area contributed by atoms with Crippen LogP contribution in [-0.4, -0.2) is 26.8 Å². The van der Waals surface area contributed by atoms with Crippen molar-refractivity contribution >= 4 is 23.5 Å². The molecule has 0 bridgehead atoms. The van der Waals surface area contributed by atoms with Gasteiger partial charge in [-0.1, -0.05) is 6.42 Å². The number of rotatable bonds is 0. The van der Waals surface area contributed by atoms with Gasteiger partial charge >= 0.3 is 0 Å². The van der Waals surface area contributed by atoms with Crippen LogP contribution in [0.15, 0.2) is 0 Å². The predicted molar refractivity (Wildman–Crippen MR) is 47.5 cm³/mol. The SMILES string of the molecule is OC1CSC2CCCC2S1. The second kappa shape index (κ2) is 2.95. The average molecular weight is 176 g/mol. The lowest BCUT2D eigenvalue weighted by Crippen LogP contribution is -2.25. The van der Waals surface area contributed by atoms with Gasteiger partial charge in [-0.2, -0.15) is 11.8 Å². The van der Waals surface area contributed by atoms with Crippen molar-refractivity contribution in [2.75, 3.05) is 5.75 Å². The third-order valence-corrected chi connectivity index (χ3v) is 5.46. The highest BCUT2D eigenvalue weighted by Crippen LogP contribution is 2.43. The second-order valence-corrected chi connectivity index (χ2v) is 5.63. The zero-order valence-corrected chi connectivity index (χ0v) is 7.46. The summed E-state index contributed by atoms with van der Waals surface area (Å²) in [6, 6.07) is 0. The van der Waals surface area contributed by atoms with Crippen LogP contribution in [0.5, 0.6) is 0 Å². The summed E-state index contributed by atoms with van der Waals surface area (Å²) in [6.45, 7) is 0. The van der Waals surface area contributed by atoms with Gasteiger partial charge < -0.3 is 5.11 Å². The number of aliphatic hydroxyl groups excluding tert-OH is 1. The molecule has 58 valence electrons. The van der Waals surface area contributed by atoms with Gasteiger partial charge in [0.1, 0.15) is 5.44 Å². The molecule has 3 atom stereocenters. The van der Waals surface area contributed by atoms with Gasteiger partial charge in [-0.05, 0) is 12.8 Å². The van der Waals surface area contributed by atoms with E-state index in [1.165, 1.54) is 19.3 Å². The van der Waals surface area contributed by atoms with E-state index in [0.717, 1.165) is 16.3 Å². The van der Waals surface area contributed by atoms with Crippen molar-refractivity contribution in [2.45, 2.75) is 35.2 Å². The number of thioether (sulfide) groups is 2. The van der Waals surface area contributed by atoms with Crippen LogP contribution in [-0.2, 0) is 0 Å². The maximum Gasteiger partial charge on any atom is 0.109 e. The molecule has 3 heteroatoms. The lowest BCUT2D eigenvalue weighted by Gasteiger charge is -2.27. The van der Waals surface area contributed by atoms with E-state index in [4.69, 9.17) is 0 Å². The third kappa shape index (κ3) is 1.31. The van der Waals surface area contributed by atoms with E-state index in [1.807, 2.05) is 11.8 Å². The van der Waals surface area contributed by atoms with Crippen LogP contribution in [0.4, 0.5) is 0 Å². The van der Waals surface area contributed by atoms with Crippen LogP contribution in [0.2, 0.25) is 0 Å². The molecule has 1 aliphatic heterocycles. The van der Waals surface area contributed by atoms with Gasteiger partial charge in [0.05, 0.1) is 0 Å². The van der Waals surface area contributed by atoms with Gasteiger partial charge in [-0.3, -0.25) is 0 Å². The van der Waals surface area contributed by atoms with Crippen LogP contribution < -0.4 is 0 Å². The summed E-state index contributed by atoms with van der Waals surface area (Å²) in [5.74, 6) is 0.950. The fourth-order valence-electron chi connectivity index (χ4n) is 1.69. The molecule has 1 saturated heterocycles. The molecule has 2 aliphatic rings. The highest BCUT2D eigenvalue weighted by molar-refractivity contribution is 8.07. The minimum absolute atomic E-state index is 0.0793. The van der Waals surface area contributed by atoms with Crippen molar-refractivity contribution in [3.05, 3.63) is 0 Å². The Balaban J connectivity index is 1.96. The first-order valence-electron chi connectivity index (χ1n) is 3.81. The van der Waals surface area contributed by atoms with Crippen molar-refractivity contribution in [1.29, 1.82) is 0 Å². The summed E-state index contributed by atoms with van der Waals surface area (Å²) in [4.78, 5) is 0. The molecule has 0 radical (unpaired) electrons. The van der Waals surface area contributed by atoms with Crippen LogP contribution in [0, 0.1) is 0 Å². The first-order valence-corrected chi connectivity index (χ1v) is 5.80. The van der Waals surface area contributed by atoms with Crippen LogP contribution in [0.3, 0.4) is 0 Å². The number of hydrogen-bond acceptors (Lipinski definition) is 3. The molecule has 0 aromatic heterocycles. The van der Waals surface area contributed by atoms with Gasteiger partial charge in [0, 0.05) is 16.3 Å². The van der Waals surface area contributed by atoms with Gasteiger partial charge in [-0.25, -0.2) is 0 Å². The van der Waals surface area contributed by atoms with Gasteiger partial charge in [0.15, 0.2) is 0 Å². The molecule has 0 aromatic carbocycles. The van der Waals surface area contributed by atoms with E-state index in [9.17, 15) is 5.11 Å². The quantitative estimate of drug-likeness (QED) is 0.607. The normalized spacial score (nSPS) is 47.1. The minimum atomic E-state index is -0.0793. The number of hydrogen-bond donors (Lipinski definition) is 1. The van der Waals surface area contributed by atoms with Crippen molar-refractivity contribution < 1.29 is 5.11 Å². The van der Waals surface area contributed by atoms with Crippen molar-refractivity contribution in [2.24, 2.45) is 0 Å². The fourth-order valence-corrected chi connectivity index (χ4v) is 4.78. The van der Waals surface area contributed by atoms with E-state index in [2.05, 4.69) is 0 Å².